The Kier molecular flexibility index (Phi) is 3.63. The molecule has 0 aliphatic heterocycles. The van der Waals surface area contributed by atoms with Gasteiger partial charge in [0.2, 0.25) is 0 Å². The molecule has 104 valence electrons. The van der Waals surface area contributed by atoms with Gasteiger partial charge in [0.25, 0.3) is 0 Å². The monoisotopic (exact) mass is 339 g/mol. The number of fused-ring (bicyclic) bond motifs is 1. The van der Waals surface area contributed by atoms with Crippen molar-refractivity contribution in [3.63, 3.8) is 0 Å². The van der Waals surface area contributed by atoms with Crippen molar-refractivity contribution >= 4 is 38.8 Å². The fraction of sp³-hybridized carbons (Fsp3) is 0.154. The summed E-state index contributed by atoms with van der Waals surface area (Å²) in [5.41, 5.74) is -0.459. The molecule has 2 aromatic rings. The number of carbonyl (C=O) groups is 2. The second-order valence-electron chi connectivity index (χ2n) is 4.11. The van der Waals surface area contributed by atoms with Gasteiger partial charge in [0.1, 0.15) is 11.3 Å². The van der Waals surface area contributed by atoms with Crippen LogP contribution < -0.4 is 0 Å². The Balaban J connectivity index is 3.01. The quantitative estimate of drug-likeness (QED) is 0.793. The zero-order chi connectivity index (χ0) is 15.0. The molecule has 0 spiro atoms. The molecule has 0 fully saturated rings. The van der Waals surface area contributed by atoms with Crippen LogP contribution in [-0.2, 0) is 6.42 Å². The van der Waals surface area contributed by atoms with Gasteiger partial charge in [-0.1, -0.05) is 22.9 Å². The Morgan fingerprint density at radius 2 is 1.90 bits per heavy atom. The number of pyridine rings is 1. The largest absolute Gasteiger partial charge is 0.506 e. The van der Waals surface area contributed by atoms with Gasteiger partial charge in [-0.15, -0.1) is 0 Å². The number of rotatable bonds is 3. The second kappa shape index (κ2) is 5.09. The van der Waals surface area contributed by atoms with E-state index in [1.54, 1.807) is 6.07 Å². The summed E-state index contributed by atoms with van der Waals surface area (Å²) in [4.78, 5) is 26.2. The summed E-state index contributed by atoms with van der Waals surface area (Å²) in [7, 11) is 0. The zero-order valence-electron chi connectivity index (χ0n) is 10.3. The molecular formula is C13H10BrNO5. The molecule has 0 aliphatic carbocycles. The van der Waals surface area contributed by atoms with Gasteiger partial charge in [-0.2, -0.15) is 0 Å². The number of aryl methyl sites for hydroxylation is 1. The van der Waals surface area contributed by atoms with Crippen LogP contribution in [0.4, 0.5) is 0 Å². The standard InChI is InChI=1S/C13H10BrNO5/c1-2-5-3-6(14)4-7-8(5)11(16)9(12(17)18)10(15-7)13(19)20/h3-4H,2H2,1H3,(H,15,16)(H,17,18)(H,19,20). The van der Waals surface area contributed by atoms with E-state index in [9.17, 15) is 14.7 Å². The third kappa shape index (κ3) is 2.20. The van der Waals surface area contributed by atoms with E-state index in [4.69, 9.17) is 10.2 Å². The number of hydrogen-bond donors (Lipinski definition) is 3. The first-order chi connectivity index (χ1) is 9.36. The van der Waals surface area contributed by atoms with Crippen LogP contribution in [-0.4, -0.2) is 32.2 Å². The smallest absolute Gasteiger partial charge is 0.355 e. The first-order valence-electron chi connectivity index (χ1n) is 5.68. The summed E-state index contributed by atoms with van der Waals surface area (Å²) >= 11 is 3.27. The molecule has 0 saturated carbocycles. The first kappa shape index (κ1) is 14.3. The van der Waals surface area contributed by atoms with Crippen molar-refractivity contribution in [1.29, 1.82) is 0 Å². The minimum absolute atomic E-state index is 0.233. The molecule has 0 amide bonds. The van der Waals surface area contributed by atoms with E-state index in [2.05, 4.69) is 20.9 Å². The van der Waals surface area contributed by atoms with Gasteiger partial charge in [0, 0.05) is 9.86 Å². The molecule has 2 rings (SSSR count). The van der Waals surface area contributed by atoms with E-state index in [0.717, 1.165) is 0 Å². The van der Waals surface area contributed by atoms with Gasteiger partial charge in [-0.25, -0.2) is 14.6 Å². The van der Waals surface area contributed by atoms with E-state index < -0.39 is 28.9 Å². The van der Waals surface area contributed by atoms with E-state index in [1.165, 1.54) is 6.07 Å². The zero-order valence-corrected chi connectivity index (χ0v) is 11.9. The molecular weight excluding hydrogens is 330 g/mol. The van der Waals surface area contributed by atoms with E-state index in [0.29, 0.717) is 16.5 Å². The normalized spacial score (nSPS) is 10.7. The molecule has 1 aromatic heterocycles. The van der Waals surface area contributed by atoms with Gasteiger partial charge in [0.05, 0.1) is 5.52 Å². The minimum atomic E-state index is -1.53. The van der Waals surface area contributed by atoms with Crippen LogP contribution in [0, 0.1) is 0 Å². The number of nitrogens with zero attached hydrogens (tertiary/aromatic N) is 1. The van der Waals surface area contributed by atoms with Crippen LogP contribution in [0.2, 0.25) is 0 Å². The number of aromatic carboxylic acids is 2. The molecule has 0 atom stereocenters. The lowest BCUT2D eigenvalue weighted by atomic mass is 10.0. The Morgan fingerprint density at radius 3 is 2.40 bits per heavy atom. The van der Waals surface area contributed by atoms with Crippen molar-refractivity contribution in [3.8, 4) is 5.75 Å². The maximum absolute atomic E-state index is 11.2. The molecule has 6 nitrogen and oxygen atoms in total. The SMILES string of the molecule is CCc1cc(Br)cc2nc(C(=O)O)c(C(=O)O)c(O)c12. The highest BCUT2D eigenvalue weighted by Gasteiger charge is 2.25. The number of carboxylic acids is 2. The number of benzene rings is 1. The molecule has 3 N–H and O–H groups in total. The molecule has 0 aliphatic rings. The summed E-state index contributed by atoms with van der Waals surface area (Å²) in [5, 5.41) is 28.6. The van der Waals surface area contributed by atoms with E-state index >= 15 is 0 Å². The van der Waals surface area contributed by atoms with Gasteiger partial charge in [-0.3, -0.25) is 0 Å². The fourth-order valence-electron chi connectivity index (χ4n) is 2.06. The molecule has 0 unspecified atom stereocenters. The average Bonchev–Trinajstić information content (AvgIpc) is 2.36. The highest BCUT2D eigenvalue weighted by Crippen LogP contribution is 2.34. The predicted molar refractivity (Wildman–Crippen MR) is 74.4 cm³/mol. The summed E-state index contributed by atoms with van der Waals surface area (Å²) in [6.45, 7) is 1.84. The number of hydrogen-bond acceptors (Lipinski definition) is 4. The lowest BCUT2D eigenvalue weighted by molar-refractivity contribution is 0.0644. The van der Waals surface area contributed by atoms with Crippen molar-refractivity contribution in [1.82, 2.24) is 4.98 Å². The van der Waals surface area contributed by atoms with Gasteiger partial charge in [0.15, 0.2) is 5.69 Å². The van der Waals surface area contributed by atoms with Crippen molar-refractivity contribution in [3.05, 3.63) is 33.4 Å². The Labute approximate surface area is 121 Å². The summed E-state index contributed by atoms with van der Waals surface area (Å²) in [6.07, 6.45) is 0.538. The van der Waals surface area contributed by atoms with Crippen molar-refractivity contribution in [2.24, 2.45) is 0 Å². The average molecular weight is 340 g/mol. The molecule has 1 heterocycles. The maximum Gasteiger partial charge on any atom is 0.355 e. The summed E-state index contributed by atoms with van der Waals surface area (Å²) in [6, 6.07) is 3.27. The van der Waals surface area contributed by atoms with Crippen LogP contribution in [0.25, 0.3) is 10.9 Å². The molecule has 0 bridgehead atoms. The third-order valence-electron chi connectivity index (χ3n) is 2.90. The number of carboxylic acid groups (broad SMARTS) is 2. The van der Waals surface area contributed by atoms with Gasteiger partial charge >= 0.3 is 11.9 Å². The van der Waals surface area contributed by atoms with Crippen LogP contribution in [0.5, 0.6) is 5.75 Å². The van der Waals surface area contributed by atoms with E-state index in [-0.39, 0.29) is 10.9 Å². The Hall–Kier alpha value is -2.15. The summed E-state index contributed by atoms with van der Waals surface area (Å²) in [5.74, 6) is -3.60. The summed E-state index contributed by atoms with van der Waals surface area (Å²) < 4.78 is 0.674. The molecule has 20 heavy (non-hydrogen) atoms. The highest BCUT2D eigenvalue weighted by molar-refractivity contribution is 9.10. The van der Waals surface area contributed by atoms with Crippen LogP contribution in [0.15, 0.2) is 16.6 Å². The van der Waals surface area contributed by atoms with Crippen LogP contribution in [0.1, 0.15) is 33.3 Å². The Morgan fingerprint density at radius 1 is 1.25 bits per heavy atom. The van der Waals surface area contributed by atoms with Gasteiger partial charge < -0.3 is 15.3 Å². The first-order valence-corrected chi connectivity index (χ1v) is 6.47. The predicted octanol–water partition coefficient (Wildman–Crippen LogP) is 2.66. The van der Waals surface area contributed by atoms with E-state index in [1.807, 2.05) is 6.92 Å². The number of aromatic nitrogens is 1. The van der Waals surface area contributed by atoms with Crippen LogP contribution >= 0.6 is 15.9 Å². The Bertz CT molecular complexity index is 741. The maximum atomic E-state index is 11.2. The van der Waals surface area contributed by atoms with Crippen molar-refractivity contribution < 1.29 is 24.9 Å². The third-order valence-corrected chi connectivity index (χ3v) is 3.36. The molecule has 7 heteroatoms. The number of halogens is 1. The molecule has 0 radical (unpaired) electrons. The van der Waals surface area contributed by atoms with Crippen molar-refractivity contribution in [2.75, 3.05) is 0 Å². The minimum Gasteiger partial charge on any atom is -0.506 e. The van der Waals surface area contributed by atoms with Crippen LogP contribution in [0.3, 0.4) is 0 Å². The van der Waals surface area contributed by atoms with Gasteiger partial charge in [-0.05, 0) is 24.1 Å². The molecule has 0 saturated heterocycles. The van der Waals surface area contributed by atoms with Crippen molar-refractivity contribution in [2.45, 2.75) is 13.3 Å². The second-order valence-corrected chi connectivity index (χ2v) is 5.02. The fourth-order valence-corrected chi connectivity index (χ4v) is 2.55. The topological polar surface area (TPSA) is 108 Å². The highest BCUT2D eigenvalue weighted by atomic mass is 79.9. The number of aromatic hydroxyl groups is 1. The molecule has 1 aromatic carbocycles. The lowest BCUT2D eigenvalue weighted by Crippen LogP contribution is -2.11. The lowest BCUT2D eigenvalue weighted by Gasteiger charge is -2.11.